The van der Waals surface area contributed by atoms with Crippen LogP contribution >= 0.6 is 54.2 Å². The molecule has 0 saturated heterocycles. The molecule has 14 heteroatoms. The molecule has 3 aromatic carbocycles. The Hall–Kier alpha value is -2.16. The summed E-state index contributed by atoms with van der Waals surface area (Å²) >= 11 is 24.4. The molecule has 1 unspecified atom stereocenters. The van der Waals surface area contributed by atoms with Crippen LogP contribution in [-0.4, -0.2) is 11.3 Å². The molecule has 0 aliphatic rings. The van der Waals surface area contributed by atoms with Gasteiger partial charge >= 0.3 is 25.7 Å². The van der Waals surface area contributed by atoms with E-state index in [0.29, 0.717) is 6.07 Å². The number of alkyl halides is 6. The maximum Gasteiger partial charge on any atom is 0.461 e. The van der Waals surface area contributed by atoms with Crippen molar-refractivity contribution in [3.05, 3.63) is 96.4 Å². The van der Waals surface area contributed by atoms with Gasteiger partial charge < -0.3 is 0 Å². The number of carbonyl (C=O) groups is 2. The zero-order valence-corrected chi connectivity index (χ0v) is 21.0. The molecule has 3 rings (SSSR count). The monoisotopic (exact) mass is 605 g/mol. The molecular formula is C22H8Cl4F6O3P+. The predicted octanol–water partition coefficient (Wildman–Crippen LogP) is 8.86. The highest BCUT2D eigenvalue weighted by atomic mass is 35.5. The summed E-state index contributed by atoms with van der Waals surface area (Å²) < 4.78 is 94.0. The summed E-state index contributed by atoms with van der Waals surface area (Å²) in [5.74, 6) is -0.788. The topological polar surface area (TPSA) is 51.2 Å². The highest BCUT2D eigenvalue weighted by Gasteiger charge is 2.50. The third kappa shape index (κ3) is 5.27. The second-order valence-corrected chi connectivity index (χ2v) is 9.95. The van der Waals surface area contributed by atoms with Crippen LogP contribution in [0.1, 0.15) is 37.4 Å². The molecule has 0 N–H and O–H groups in total. The van der Waals surface area contributed by atoms with Crippen LogP contribution in [0.15, 0.2) is 48.5 Å². The minimum absolute atomic E-state index is 0.0792. The molecule has 3 nitrogen and oxygen atoms in total. The van der Waals surface area contributed by atoms with Gasteiger partial charge in [0, 0.05) is 5.56 Å². The maximum atomic E-state index is 13.5. The molecule has 0 aromatic heterocycles. The van der Waals surface area contributed by atoms with Gasteiger partial charge in [-0.05, 0) is 12.1 Å². The van der Waals surface area contributed by atoms with Gasteiger partial charge in [-0.1, -0.05) is 87.4 Å². The van der Waals surface area contributed by atoms with E-state index in [1.54, 1.807) is 6.07 Å². The van der Waals surface area contributed by atoms with Gasteiger partial charge in [-0.25, -0.2) is 4.79 Å². The first-order chi connectivity index (χ1) is 16.6. The van der Waals surface area contributed by atoms with Gasteiger partial charge in [0.25, 0.3) is 0 Å². The Bertz CT molecular complexity index is 1340. The Morgan fingerprint density at radius 3 is 1.50 bits per heavy atom. The van der Waals surface area contributed by atoms with Gasteiger partial charge in [0.1, 0.15) is 10.0 Å². The molecule has 3 aromatic rings. The summed E-state index contributed by atoms with van der Waals surface area (Å²) in [7, 11) is -3.83. The zero-order valence-electron chi connectivity index (χ0n) is 17.1. The van der Waals surface area contributed by atoms with Crippen LogP contribution in [-0.2, 0) is 16.9 Å². The van der Waals surface area contributed by atoms with E-state index in [1.807, 2.05) is 0 Å². The van der Waals surface area contributed by atoms with Gasteiger partial charge in [0.15, 0.2) is 5.78 Å². The quantitative estimate of drug-likeness (QED) is 0.126. The number of rotatable bonds is 5. The van der Waals surface area contributed by atoms with E-state index in [0.717, 1.165) is 0 Å². The van der Waals surface area contributed by atoms with Gasteiger partial charge in [0.2, 0.25) is 5.30 Å². The van der Waals surface area contributed by atoms with Crippen LogP contribution in [0.25, 0.3) is 0 Å². The highest BCUT2D eigenvalue weighted by molar-refractivity contribution is 7.72. The molecule has 0 saturated carbocycles. The third-order valence-corrected chi connectivity index (χ3v) is 8.19. The molecular weight excluding hydrogens is 599 g/mol. The van der Waals surface area contributed by atoms with Crippen LogP contribution in [0, 0.1) is 0 Å². The molecule has 1 atom stereocenters. The lowest BCUT2D eigenvalue weighted by molar-refractivity contribution is -0.143. The van der Waals surface area contributed by atoms with Crippen molar-refractivity contribution in [2.24, 2.45) is 0 Å². The lowest BCUT2D eigenvalue weighted by Crippen LogP contribution is -2.21. The van der Waals surface area contributed by atoms with Gasteiger partial charge in [0.05, 0.1) is 32.3 Å². The van der Waals surface area contributed by atoms with Crippen molar-refractivity contribution >= 4 is 70.8 Å². The number of hydrogen-bond acceptors (Lipinski definition) is 3. The molecule has 188 valence electrons. The highest BCUT2D eigenvalue weighted by Crippen LogP contribution is 2.47. The zero-order chi connectivity index (χ0) is 27.2. The fourth-order valence-corrected chi connectivity index (χ4v) is 6.03. The number of benzene rings is 3. The smallest absolute Gasteiger partial charge is 0.288 e. The van der Waals surface area contributed by atoms with E-state index in [4.69, 9.17) is 46.4 Å². The molecule has 0 amide bonds. The SMILES string of the molecule is O=C(c1ccccc1)c1c(Cl)c(Cl)c([P+](=O)C(=O)c2c(C(F)(F)F)cccc2C(F)(F)F)c(Cl)c1Cl. The lowest BCUT2D eigenvalue weighted by atomic mass is 10.0. The van der Waals surface area contributed by atoms with Crippen molar-refractivity contribution < 1.29 is 40.5 Å². The minimum atomic E-state index is -5.41. The summed E-state index contributed by atoms with van der Waals surface area (Å²) in [5, 5.41) is -3.80. The van der Waals surface area contributed by atoms with E-state index in [2.05, 4.69) is 0 Å². The van der Waals surface area contributed by atoms with Crippen LogP contribution < -0.4 is 5.30 Å². The summed E-state index contributed by atoms with van der Waals surface area (Å²) in [5.41, 5.74) is -8.27. The first kappa shape index (κ1) is 28.4. The molecule has 0 radical (unpaired) electrons. The summed E-state index contributed by atoms with van der Waals surface area (Å²) in [4.78, 5) is 25.8. The van der Waals surface area contributed by atoms with Crippen LogP contribution in [0.5, 0.6) is 0 Å². The first-order valence-electron chi connectivity index (χ1n) is 9.33. The molecule has 0 heterocycles. The Balaban J connectivity index is 2.23. The van der Waals surface area contributed by atoms with Crippen molar-refractivity contribution in [2.45, 2.75) is 12.4 Å². The van der Waals surface area contributed by atoms with Crippen LogP contribution in [0.2, 0.25) is 20.1 Å². The van der Waals surface area contributed by atoms with Gasteiger partial charge in [-0.2, -0.15) is 26.3 Å². The summed E-state index contributed by atoms with van der Waals surface area (Å²) in [6.45, 7) is 0. The second kappa shape index (κ2) is 10.3. The van der Waals surface area contributed by atoms with E-state index in [1.165, 1.54) is 24.3 Å². The minimum Gasteiger partial charge on any atom is -0.288 e. The Morgan fingerprint density at radius 1 is 0.639 bits per heavy atom. The summed E-state index contributed by atoms with van der Waals surface area (Å²) in [6.07, 6.45) is -10.8. The van der Waals surface area contributed by atoms with Crippen molar-refractivity contribution in [1.29, 1.82) is 0 Å². The maximum absolute atomic E-state index is 13.5. The lowest BCUT2D eigenvalue weighted by Gasteiger charge is -2.15. The molecule has 0 bridgehead atoms. The summed E-state index contributed by atoms with van der Waals surface area (Å²) in [6, 6.07) is 8.33. The van der Waals surface area contributed by atoms with Crippen molar-refractivity contribution in [3.63, 3.8) is 0 Å². The van der Waals surface area contributed by atoms with E-state index in [9.17, 15) is 40.5 Å². The predicted molar refractivity (Wildman–Crippen MR) is 124 cm³/mol. The fourth-order valence-electron chi connectivity index (χ4n) is 3.19. The molecule has 36 heavy (non-hydrogen) atoms. The average Bonchev–Trinajstić information content (AvgIpc) is 2.81. The Kier molecular flexibility index (Phi) is 8.13. The normalized spacial score (nSPS) is 12.4. The van der Waals surface area contributed by atoms with Crippen LogP contribution in [0.3, 0.4) is 0 Å². The Labute approximate surface area is 219 Å². The Morgan fingerprint density at radius 2 is 1.08 bits per heavy atom. The molecule has 0 spiro atoms. The fraction of sp³-hybridized carbons (Fsp3) is 0.0909. The number of halogens is 10. The van der Waals surface area contributed by atoms with E-state index in [-0.39, 0.29) is 17.7 Å². The third-order valence-electron chi connectivity index (χ3n) is 4.78. The number of carbonyl (C=O) groups excluding carboxylic acids is 2. The number of ketones is 1. The van der Waals surface area contributed by atoms with Gasteiger partial charge in [-0.3, -0.25) is 4.79 Å². The van der Waals surface area contributed by atoms with E-state index < -0.39 is 79.1 Å². The molecule has 0 fully saturated rings. The molecule has 0 aliphatic heterocycles. The average molecular weight is 607 g/mol. The van der Waals surface area contributed by atoms with Gasteiger partial charge in [-0.15, -0.1) is 0 Å². The largest absolute Gasteiger partial charge is 0.461 e. The van der Waals surface area contributed by atoms with Crippen molar-refractivity contribution in [2.75, 3.05) is 0 Å². The van der Waals surface area contributed by atoms with Crippen LogP contribution in [0.4, 0.5) is 26.3 Å². The van der Waals surface area contributed by atoms with E-state index >= 15 is 0 Å². The standard InChI is InChI=1S/C22H8Cl4F6O3P/c23-14-13(18(33)9-5-2-1-3-6-9)15(24)17(26)19(16(14)25)36(35)20(34)12-10(21(27,28)29)7-4-8-11(12)22(30,31)32/h1-8H/q+1. The van der Waals surface area contributed by atoms with Crippen molar-refractivity contribution in [3.8, 4) is 0 Å². The van der Waals surface area contributed by atoms with Crippen molar-refractivity contribution in [1.82, 2.24) is 0 Å². The molecule has 0 aliphatic carbocycles. The first-order valence-corrected chi connectivity index (χ1v) is 12.1. The second-order valence-electron chi connectivity index (χ2n) is 7.00. The number of hydrogen-bond donors (Lipinski definition) is 0.